The highest BCUT2D eigenvalue weighted by atomic mass is 19.1. The lowest BCUT2D eigenvalue weighted by Crippen LogP contribution is -2.37. The van der Waals surface area contributed by atoms with E-state index in [-0.39, 0.29) is 0 Å². The molecule has 1 heteroatoms. The second-order valence-corrected chi connectivity index (χ2v) is 2.72. The van der Waals surface area contributed by atoms with Gasteiger partial charge in [0.05, 0.1) is 0 Å². The van der Waals surface area contributed by atoms with Crippen molar-refractivity contribution in [2.24, 2.45) is 5.92 Å². The third kappa shape index (κ3) is 4.39. The van der Waals surface area contributed by atoms with Crippen LogP contribution in [0.1, 0.15) is 54.4 Å². The quantitative estimate of drug-likeness (QED) is 0.501. The Kier molecular flexibility index (Phi) is 8.14. The summed E-state index contributed by atoms with van der Waals surface area (Å²) in [5, 5.41) is 0. The van der Waals surface area contributed by atoms with Crippen LogP contribution in [-0.2, 0) is 0 Å². The molecular weight excluding hydrogens is 139 g/mol. The summed E-state index contributed by atoms with van der Waals surface area (Å²) in [7, 11) is 0. The molecule has 1 unspecified atom stereocenters. The molecule has 0 amide bonds. The summed E-state index contributed by atoms with van der Waals surface area (Å²) in [5.41, 5.74) is -0.819. The first kappa shape index (κ1) is 13.5. The number of alkyl halides is 1. The van der Waals surface area contributed by atoms with Crippen LogP contribution in [0.2, 0.25) is 0 Å². The van der Waals surface area contributed by atoms with E-state index in [4.69, 9.17) is 0 Å². The van der Waals surface area contributed by atoms with Crippen molar-refractivity contribution < 1.29 is 4.39 Å². The van der Waals surface area contributed by atoms with Crippen molar-refractivity contribution in [2.45, 2.75) is 60.1 Å². The number of hydrogen-bond acceptors (Lipinski definition) is 0. The second-order valence-electron chi connectivity index (χ2n) is 2.72. The Morgan fingerprint density at radius 1 is 1.18 bits per heavy atom. The molecule has 0 radical (unpaired) electrons. The molecule has 1 saturated carbocycles. The zero-order chi connectivity index (χ0) is 9.49. The number of halogens is 1. The van der Waals surface area contributed by atoms with E-state index < -0.39 is 5.67 Å². The molecule has 0 aliphatic heterocycles. The second kappa shape index (κ2) is 6.63. The normalized spacial score (nSPS) is 33.5. The molecule has 0 saturated heterocycles. The largest absolute Gasteiger partial charge is 0.244 e. The van der Waals surface area contributed by atoms with Gasteiger partial charge in [-0.15, -0.1) is 0 Å². The van der Waals surface area contributed by atoms with E-state index in [1.54, 1.807) is 6.92 Å². The van der Waals surface area contributed by atoms with Gasteiger partial charge >= 0.3 is 0 Å². The zero-order valence-corrected chi connectivity index (χ0v) is 8.87. The van der Waals surface area contributed by atoms with Crippen molar-refractivity contribution in [2.75, 3.05) is 0 Å². The van der Waals surface area contributed by atoms with Crippen LogP contribution < -0.4 is 0 Å². The van der Waals surface area contributed by atoms with Gasteiger partial charge in [0.2, 0.25) is 0 Å². The minimum atomic E-state index is -0.819. The van der Waals surface area contributed by atoms with Crippen LogP contribution in [0.3, 0.4) is 0 Å². The van der Waals surface area contributed by atoms with Crippen molar-refractivity contribution in [3.05, 3.63) is 0 Å². The van der Waals surface area contributed by atoms with Gasteiger partial charge in [-0.2, -0.15) is 0 Å². The molecule has 2 atom stereocenters. The van der Waals surface area contributed by atoms with Crippen LogP contribution in [0.25, 0.3) is 0 Å². The zero-order valence-electron chi connectivity index (χ0n) is 8.87. The van der Waals surface area contributed by atoms with Crippen molar-refractivity contribution in [3.63, 3.8) is 0 Å². The Hall–Kier alpha value is -0.0700. The third-order valence-corrected chi connectivity index (χ3v) is 2.09. The average molecular weight is 162 g/mol. The van der Waals surface area contributed by atoms with Gasteiger partial charge in [0.25, 0.3) is 0 Å². The molecule has 0 aromatic heterocycles. The highest BCUT2D eigenvalue weighted by molar-refractivity contribution is 4.89. The highest BCUT2D eigenvalue weighted by Gasteiger charge is 2.39. The summed E-state index contributed by atoms with van der Waals surface area (Å²) in [4.78, 5) is 0. The molecular formula is C10H23F. The Morgan fingerprint density at radius 2 is 1.45 bits per heavy atom. The fraction of sp³-hybridized carbons (Fsp3) is 1.00. The van der Waals surface area contributed by atoms with Gasteiger partial charge in [0, 0.05) is 0 Å². The van der Waals surface area contributed by atoms with Gasteiger partial charge in [-0.3, -0.25) is 0 Å². The first-order valence-corrected chi connectivity index (χ1v) is 4.82. The maximum absolute atomic E-state index is 12.6. The van der Waals surface area contributed by atoms with Crippen molar-refractivity contribution in [3.8, 4) is 0 Å². The molecule has 0 spiro atoms. The number of hydrogen-bond donors (Lipinski definition) is 0. The lowest BCUT2D eigenvalue weighted by Gasteiger charge is -2.37. The molecule has 1 aliphatic carbocycles. The van der Waals surface area contributed by atoms with E-state index >= 15 is 0 Å². The third-order valence-electron chi connectivity index (χ3n) is 2.09. The SMILES string of the molecule is CC.CC.C[C@@H]1CCC1(C)F. The van der Waals surface area contributed by atoms with Crippen molar-refractivity contribution in [1.29, 1.82) is 0 Å². The predicted molar refractivity (Wildman–Crippen MR) is 50.6 cm³/mol. The summed E-state index contributed by atoms with van der Waals surface area (Å²) in [5.74, 6) is 0.312. The van der Waals surface area contributed by atoms with Crippen LogP contribution in [-0.4, -0.2) is 5.67 Å². The summed E-state index contributed by atoms with van der Waals surface area (Å²) < 4.78 is 12.6. The standard InChI is InChI=1S/C6H11F.2C2H6/c1-5-3-4-6(5,2)7;2*1-2/h5H,3-4H2,1-2H3;2*1-2H3/t5-,6?;;/m1../s1. The average Bonchev–Trinajstić information content (AvgIpc) is 2.09. The molecule has 11 heavy (non-hydrogen) atoms. The van der Waals surface area contributed by atoms with Crippen LogP contribution in [0.15, 0.2) is 0 Å². The molecule has 0 N–H and O–H groups in total. The molecule has 0 nitrogen and oxygen atoms in total. The smallest absolute Gasteiger partial charge is 0.110 e. The molecule has 1 fully saturated rings. The molecule has 0 heterocycles. The van der Waals surface area contributed by atoms with E-state index in [9.17, 15) is 4.39 Å². The Bertz CT molecular complexity index is 76.9. The maximum Gasteiger partial charge on any atom is 0.110 e. The fourth-order valence-electron chi connectivity index (χ4n) is 0.831. The van der Waals surface area contributed by atoms with Crippen molar-refractivity contribution >= 4 is 0 Å². The van der Waals surface area contributed by atoms with Gasteiger partial charge < -0.3 is 0 Å². The van der Waals surface area contributed by atoms with Crippen LogP contribution in [0.4, 0.5) is 4.39 Å². The lowest BCUT2D eigenvalue weighted by atomic mass is 9.74. The van der Waals surface area contributed by atoms with Gasteiger partial charge in [-0.1, -0.05) is 34.6 Å². The highest BCUT2D eigenvalue weighted by Crippen LogP contribution is 2.40. The summed E-state index contributed by atoms with van der Waals surface area (Å²) >= 11 is 0. The molecule has 0 aromatic carbocycles. The molecule has 0 bridgehead atoms. The van der Waals surface area contributed by atoms with Gasteiger partial charge in [-0.05, 0) is 25.7 Å². The van der Waals surface area contributed by atoms with E-state index in [0.29, 0.717) is 5.92 Å². The topological polar surface area (TPSA) is 0 Å². The summed E-state index contributed by atoms with van der Waals surface area (Å²) in [6.45, 7) is 11.6. The fourth-order valence-corrected chi connectivity index (χ4v) is 0.831. The lowest BCUT2D eigenvalue weighted by molar-refractivity contribution is 0.0147. The van der Waals surface area contributed by atoms with Crippen LogP contribution >= 0.6 is 0 Å². The van der Waals surface area contributed by atoms with Gasteiger partial charge in [0.1, 0.15) is 5.67 Å². The van der Waals surface area contributed by atoms with E-state index in [2.05, 4.69) is 0 Å². The molecule has 70 valence electrons. The van der Waals surface area contributed by atoms with Gasteiger partial charge in [-0.25, -0.2) is 4.39 Å². The molecule has 1 aliphatic rings. The Morgan fingerprint density at radius 3 is 1.45 bits per heavy atom. The first-order chi connectivity index (χ1) is 5.13. The maximum atomic E-state index is 12.6. The summed E-state index contributed by atoms with van der Waals surface area (Å²) in [6.07, 6.45) is 1.85. The minimum Gasteiger partial charge on any atom is -0.244 e. The Labute approximate surface area is 71.2 Å². The Balaban J connectivity index is 0. The van der Waals surface area contributed by atoms with E-state index in [1.807, 2.05) is 34.6 Å². The molecule has 1 rings (SSSR count). The van der Waals surface area contributed by atoms with E-state index in [1.165, 1.54) is 0 Å². The van der Waals surface area contributed by atoms with Crippen LogP contribution in [0.5, 0.6) is 0 Å². The van der Waals surface area contributed by atoms with E-state index in [0.717, 1.165) is 12.8 Å². The first-order valence-electron chi connectivity index (χ1n) is 4.82. The minimum absolute atomic E-state index is 0.312. The molecule has 0 aromatic rings. The predicted octanol–water partition coefficient (Wildman–Crippen LogP) is 4.20. The summed E-state index contributed by atoms with van der Waals surface area (Å²) in [6, 6.07) is 0. The number of rotatable bonds is 0. The van der Waals surface area contributed by atoms with Crippen molar-refractivity contribution in [1.82, 2.24) is 0 Å². The van der Waals surface area contributed by atoms with Crippen LogP contribution in [0, 0.1) is 5.92 Å². The monoisotopic (exact) mass is 162 g/mol. The van der Waals surface area contributed by atoms with Gasteiger partial charge in [0.15, 0.2) is 0 Å².